The van der Waals surface area contributed by atoms with Gasteiger partial charge >= 0.3 is 0 Å². The van der Waals surface area contributed by atoms with Gasteiger partial charge in [-0.1, -0.05) is 75.8 Å². The molecule has 1 aromatic carbocycles. The lowest BCUT2D eigenvalue weighted by Gasteiger charge is -2.09. The molecule has 0 saturated heterocycles. The van der Waals surface area contributed by atoms with Crippen LogP contribution in [-0.4, -0.2) is 0 Å². The van der Waals surface area contributed by atoms with Crippen LogP contribution in [0.1, 0.15) is 63.6 Å². The van der Waals surface area contributed by atoms with Crippen molar-refractivity contribution in [2.45, 2.75) is 53.9 Å². The first-order valence-corrected chi connectivity index (χ1v) is 8.23. The van der Waals surface area contributed by atoms with Crippen LogP contribution in [0.5, 0.6) is 0 Å². The summed E-state index contributed by atoms with van der Waals surface area (Å²) >= 11 is 0. The van der Waals surface area contributed by atoms with Gasteiger partial charge in [0.1, 0.15) is 0 Å². The SMILES string of the molecule is CC=C(C=Cc1ccc(C=CCCC)cc1C)C(C)CC. The van der Waals surface area contributed by atoms with Crippen molar-refractivity contribution in [3.05, 3.63) is 58.7 Å². The Morgan fingerprint density at radius 1 is 1.19 bits per heavy atom. The second-order valence-corrected chi connectivity index (χ2v) is 5.74. The molecule has 0 fully saturated rings. The van der Waals surface area contributed by atoms with Crippen LogP contribution in [0.15, 0.2) is 42.0 Å². The van der Waals surface area contributed by atoms with Crippen molar-refractivity contribution in [3.8, 4) is 0 Å². The molecule has 0 heterocycles. The zero-order valence-corrected chi connectivity index (χ0v) is 14.3. The van der Waals surface area contributed by atoms with Crippen molar-refractivity contribution < 1.29 is 0 Å². The topological polar surface area (TPSA) is 0 Å². The van der Waals surface area contributed by atoms with Gasteiger partial charge in [0.2, 0.25) is 0 Å². The van der Waals surface area contributed by atoms with E-state index in [1.54, 1.807) is 0 Å². The van der Waals surface area contributed by atoms with E-state index in [1.807, 2.05) is 0 Å². The normalized spacial score (nSPS) is 14.2. The molecule has 1 unspecified atom stereocenters. The maximum Gasteiger partial charge on any atom is -0.0196 e. The summed E-state index contributed by atoms with van der Waals surface area (Å²) < 4.78 is 0. The van der Waals surface area contributed by atoms with E-state index in [9.17, 15) is 0 Å². The molecule has 0 heteroatoms. The third-order valence-electron chi connectivity index (χ3n) is 4.03. The van der Waals surface area contributed by atoms with Gasteiger partial charge in [-0.2, -0.15) is 0 Å². The summed E-state index contributed by atoms with van der Waals surface area (Å²) in [6.07, 6.45) is 14.8. The highest BCUT2D eigenvalue weighted by Crippen LogP contribution is 2.19. The standard InChI is InChI=1S/C21H30/c1-6-9-10-11-19-12-13-21(18(5)16-19)15-14-20(8-3)17(4)7-2/h8,10-17H,6-7,9H2,1-5H3. The average Bonchev–Trinajstić information content (AvgIpc) is 2.49. The van der Waals surface area contributed by atoms with Crippen LogP contribution in [0.25, 0.3) is 12.2 Å². The lowest BCUT2D eigenvalue weighted by Crippen LogP contribution is -1.94. The van der Waals surface area contributed by atoms with Crippen LogP contribution < -0.4 is 0 Å². The van der Waals surface area contributed by atoms with E-state index in [2.05, 4.69) is 83.2 Å². The van der Waals surface area contributed by atoms with Gasteiger partial charge in [0, 0.05) is 0 Å². The lowest BCUT2D eigenvalue weighted by molar-refractivity contribution is 0.670. The monoisotopic (exact) mass is 282 g/mol. The van der Waals surface area contributed by atoms with Gasteiger partial charge in [-0.05, 0) is 54.9 Å². The second kappa shape index (κ2) is 9.39. The molecule has 1 aromatic rings. The quantitative estimate of drug-likeness (QED) is 0.482. The Morgan fingerprint density at radius 2 is 1.95 bits per heavy atom. The second-order valence-electron chi connectivity index (χ2n) is 5.74. The summed E-state index contributed by atoms with van der Waals surface area (Å²) in [4.78, 5) is 0. The molecule has 0 saturated carbocycles. The van der Waals surface area contributed by atoms with Gasteiger partial charge in [-0.15, -0.1) is 0 Å². The molecule has 1 atom stereocenters. The summed E-state index contributed by atoms with van der Waals surface area (Å²) in [5, 5.41) is 0. The number of hydrogen-bond donors (Lipinski definition) is 0. The maximum absolute atomic E-state index is 2.29. The van der Waals surface area contributed by atoms with Crippen molar-refractivity contribution in [3.63, 3.8) is 0 Å². The first-order chi connectivity index (χ1) is 10.1. The largest absolute Gasteiger partial charge is 0.0842 e. The number of benzene rings is 1. The van der Waals surface area contributed by atoms with E-state index >= 15 is 0 Å². The van der Waals surface area contributed by atoms with E-state index in [4.69, 9.17) is 0 Å². The molecule has 0 spiro atoms. The van der Waals surface area contributed by atoms with E-state index in [0.717, 1.165) is 6.42 Å². The number of allylic oxidation sites excluding steroid dienone is 4. The molecule has 0 aliphatic heterocycles. The lowest BCUT2D eigenvalue weighted by atomic mass is 9.96. The molecule has 1 rings (SSSR count). The fraction of sp³-hybridized carbons (Fsp3) is 0.429. The van der Waals surface area contributed by atoms with Crippen LogP contribution in [0.2, 0.25) is 0 Å². The molecule has 0 radical (unpaired) electrons. The first-order valence-electron chi connectivity index (χ1n) is 8.23. The summed E-state index contributed by atoms with van der Waals surface area (Å²) in [5.74, 6) is 0.628. The van der Waals surface area contributed by atoms with Gasteiger partial charge in [-0.25, -0.2) is 0 Å². The molecule has 0 N–H and O–H groups in total. The minimum Gasteiger partial charge on any atom is -0.0842 e. The van der Waals surface area contributed by atoms with Crippen molar-refractivity contribution in [2.24, 2.45) is 5.92 Å². The number of rotatable bonds is 7. The third kappa shape index (κ3) is 5.75. The minimum atomic E-state index is 0.628. The Labute approximate surface area is 131 Å². The highest BCUT2D eigenvalue weighted by Gasteiger charge is 2.02. The smallest absolute Gasteiger partial charge is 0.0196 e. The van der Waals surface area contributed by atoms with Crippen LogP contribution in [-0.2, 0) is 0 Å². The summed E-state index contributed by atoms with van der Waals surface area (Å²) in [5.41, 5.74) is 5.37. The van der Waals surface area contributed by atoms with Crippen LogP contribution >= 0.6 is 0 Å². The summed E-state index contributed by atoms with van der Waals surface area (Å²) in [6, 6.07) is 6.70. The minimum absolute atomic E-state index is 0.628. The fourth-order valence-corrected chi connectivity index (χ4v) is 2.34. The summed E-state index contributed by atoms with van der Waals surface area (Å²) in [7, 11) is 0. The van der Waals surface area contributed by atoms with Crippen molar-refractivity contribution in [2.75, 3.05) is 0 Å². The van der Waals surface area contributed by atoms with Crippen LogP contribution in [0, 0.1) is 12.8 Å². The summed E-state index contributed by atoms with van der Waals surface area (Å²) in [6.45, 7) is 11.0. The number of aryl methyl sites for hydroxylation is 1. The average molecular weight is 282 g/mol. The van der Waals surface area contributed by atoms with Gasteiger partial charge in [0.05, 0.1) is 0 Å². The first kappa shape index (κ1) is 17.5. The maximum atomic E-state index is 2.29. The molecule has 0 aliphatic rings. The van der Waals surface area contributed by atoms with Gasteiger partial charge in [-0.3, -0.25) is 0 Å². The zero-order chi connectivity index (χ0) is 15.7. The molecule has 21 heavy (non-hydrogen) atoms. The molecule has 0 aliphatic carbocycles. The van der Waals surface area contributed by atoms with E-state index in [1.165, 1.54) is 35.1 Å². The molecule has 0 aromatic heterocycles. The highest BCUT2D eigenvalue weighted by atomic mass is 14.1. The third-order valence-corrected chi connectivity index (χ3v) is 4.03. The predicted octanol–water partition coefficient (Wildman–Crippen LogP) is 6.81. The molecular weight excluding hydrogens is 252 g/mol. The zero-order valence-electron chi connectivity index (χ0n) is 14.3. The van der Waals surface area contributed by atoms with E-state index in [0.29, 0.717) is 5.92 Å². The number of unbranched alkanes of at least 4 members (excludes halogenated alkanes) is 1. The highest BCUT2D eigenvalue weighted by molar-refractivity contribution is 5.61. The Hall–Kier alpha value is -1.56. The fourth-order valence-electron chi connectivity index (χ4n) is 2.34. The van der Waals surface area contributed by atoms with Gasteiger partial charge < -0.3 is 0 Å². The van der Waals surface area contributed by atoms with Crippen LogP contribution in [0.4, 0.5) is 0 Å². The Bertz CT molecular complexity index is 515. The predicted molar refractivity (Wildman–Crippen MR) is 97.4 cm³/mol. The van der Waals surface area contributed by atoms with E-state index in [-0.39, 0.29) is 0 Å². The van der Waals surface area contributed by atoms with E-state index < -0.39 is 0 Å². The van der Waals surface area contributed by atoms with Gasteiger partial charge in [0.25, 0.3) is 0 Å². The molecule has 0 nitrogen and oxygen atoms in total. The van der Waals surface area contributed by atoms with Crippen molar-refractivity contribution in [1.29, 1.82) is 0 Å². The Balaban J connectivity index is 2.85. The van der Waals surface area contributed by atoms with Crippen molar-refractivity contribution >= 4 is 12.2 Å². The Morgan fingerprint density at radius 3 is 2.52 bits per heavy atom. The Kier molecular flexibility index (Phi) is 7.82. The molecule has 0 amide bonds. The molecule has 0 bridgehead atoms. The number of hydrogen-bond acceptors (Lipinski definition) is 0. The molecule has 114 valence electrons. The van der Waals surface area contributed by atoms with Crippen molar-refractivity contribution in [1.82, 2.24) is 0 Å². The van der Waals surface area contributed by atoms with Crippen LogP contribution in [0.3, 0.4) is 0 Å². The molecular formula is C21H30. The van der Waals surface area contributed by atoms with Gasteiger partial charge in [0.15, 0.2) is 0 Å².